The molecule has 0 fully saturated rings. The fourth-order valence-electron chi connectivity index (χ4n) is 4.43. The maximum absolute atomic E-state index is 7.06. The van der Waals surface area contributed by atoms with Crippen molar-refractivity contribution in [2.24, 2.45) is 0 Å². The molecule has 0 aromatic heterocycles. The zero-order chi connectivity index (χ0) is 25.6. The molecule has 0 aliphatic rings. The molecular formula is C28H41IO5Si. The topological polar surface area (TPSA) is 46.2 Å². The van der Waals surface area contributed by atoms with Gasteiger partial charge in [-0.1, -0.05) is 110 Å². The molecule has 5 nitrogen and oxygen atoms in total. The van der Waals surface area contributed by atoms with E-state index in [0.717, 1.165) is 19.3 Å². The number of hydrogen-bond donors (Lipinski definition) is 0. The molecule has 0 saturated heterocycles. The molecule has 0 aliphatic heterocycles. The lowest BCUT2D eigenvalue weighted by Gasteiger charge is -2.43. The summed E-state index contributed by atoms with van der Waals surface area (Å²) in [5, 5.41) is 2.50. The van der Waals surface area contributed by atoms with Crippen LogP contribution in [0.25, 0.3) is 0 Å². The summed E-state index contributed by atoms with van der Waals surface area (Å²) in [6, 6.07) is 21.4. The van der Waals surface area contributed by atoms with Gasteiger partial charge in [0.05, 0.1) is 12.2 Å². The number of rotatable bonds is 16. The van der Waals surface area contributed by atoms with Crippen molar-refractivity contribution in [3.63, 3.8) is 0 Å². The molecule has 2 aromatic rings. The molecule has 35 heavy (non-hydrogen) atoms. The first kappa shape index (κ1) is 30.2. The Balaban J connectivity index is 2.27. The van der Waals surface area contributed by atoms with Gasteiger partial charge in [-0.15, -0.1) is 0 Å². The van der Waals surface area contributed by atoms with Crippen LogP contribution < -0.4 is 10.4 Å². The van der Waals surface area contributed by atoms with Crippen LogP contribution in [0, 0.1) is 0 Å². The van der Waals surface area contributed by atoms with Crippen LogP contribution in [-0.2, 0) is 23.4 Å². The maximum Gasteiger partial charge on any atom is 0.261 e. The minimum atomic E-state index is -2.58. The molecule has 2 rings (SSSR count). The van der Waals surface area contributed by atoms with Gasteiger partial charge in [-0.25, -0.2) is 0 Å². The van der Waals surface area contributed by atoms with Gasteiger partial charge in [0.2, 0.25) is 0 Å². The number of halogens is 1. The Morgan fingerprint density at radius 2 is 1.34 bits per heavy atom. The summed E-state index contributed by atoms with van der Waals surface area (Å²) >= 11 is 2.23. The van der Waals surface area contributed by atoms with Crippen LogP contribution in [0.4, 0.5) is 0 Å². The van der Waals surface area contributed by atoms with E-state index in [-0.39, 0.29) is 30.8 Å². The van der Waals surface area contributed by atoms with Crippen LogP contribution in [0.3, 0.4) is 0 Å². The minimum absolute atomic E-state index is 0.00399. The van der Waals surface area contributed by atoms with Crippen LogP contribution in [0.5, 0.6) is 0 Å². The predicted octanol–water partition coefficient (Wildman–Crippen LogP) is 5.66. The van der Waals surface area contributed by atoms with Crippen LogP contribution in [-0.4, -0.2) is 54.9 Å². The van der Waals surface area contributed by atoms with Gasteiger partial charge in [0, 0.05) is 27.2 Å². The van der Waals surface area contributed by atoms with Gasteiger partial charge >= 0.3 is 0 Å². The number of ether oxygens (including phenoxy) is 4. The van der Waals surface area contributed by atoms with Crippen LogP contribution in [0.15, 0.2) is 70.8 Å². The summed E-state index contributed by atoms with van der Waals surface area (Å²) in [6.07, 6.45) is 4.32. The summed E-state index contributed by atoms with van der Waals surface area (Å²) in [4.78, 5) is 0. The second kappa shape index (κ2) is 15.9. The third-order valence-corrected chi connectivity index (χ3v) is 11.6. The standard InChI is InChI=1S/C28H41IO5Si/c1-28(2,3)35(26-14-8-6-9-15-26,27-16-10-7-11-17-27)34-20-18-25(33-23-31-5)21-24(13-12-19-29)32-22-30-4/h6-12,14-17,19,24-25H,13,18,20-23H2,1-5H3/b19-12+/t24-,25+/m1/s1. The van der Waals surface area contributed by atoms with E-state index in [1.165, 1.54) is 10.4 Å². The first-order valence-electron chi connectivity index (χ1n) is 12.1. The average molecular weight is 613 g/mol. The molecule has 0 N–H and O–H groups in total. The fraction of sp³-hybridized carbons (Fsp3) is 0.500. The number of benzene rings is 2. The molecule has 0 spiro atoms. The molecule has 2 atom stereocenters. The highest BCUT2D eigenvalue weighted by Crippen LogP contribution is 2.37. The first-order valence-corrected chi connectivity index (χ1v) is 15.3. The van der Waals surface area contributed by atoms with Crippen molar-refractivity contribution in [2.45, 2.75) is 57.3 Å². The molecule has 7 heteroatoms. The van der Waals surface area contributed by atoms with Crippen molar-refractivity contribution in [3.05, 3.63) is 70.8 Å². The van der Waals surface area contributed by atoms with Gasteiger partial charge in [0.25, 0.3) is 8.32 Å². The monoisotopic (exact) mass is 612 g/mol. The lowest BCUT2D eigenvalue weighted by Crippen LogP contribution is -2.66. The van der Waals surface area contributed by atoms with Gasteiger partial charge in [-0.2, -0.15) is 0 Å². The van der Waals surface area contributed by atoms with Crippen molar-refractivity contribution < 1.29 is 23.4 Å². The molecule has 0 saturated carbocycles. The molecule has 2 aromatic carbocycles. The van der Waals surface area contributed by atoms with Crippen LogP contribution in [0.1, 0.15) is 40.0 Å². The van der Waals surface area contributed by atoms with Gasteiger partial charge < -0.3 is 23.4 Å². The van der Waals surface area contributed by atoms with E-state index < -0.39 is 8.32 Å². The normalized spacial score (nSPS) is 14.3. The molecule has 0 heterocycles. The second-order valence-corrected chi connectivity index (χ2v) is 14.5. The van der Waals surface area contributed by atoms with E-state index >= 15 is 0 Å². The van der Waals surface area contributed by atoms with Gasteiger partial charge in [0.15, 0.2) is 0 Å². The minimum Gasteiger partial charge on any atom is -0.407 e. The Morgan fingerprint density at radius 3 is 1.80 bits per heavy atom. The molecule has 0 bridgehead atoms. The Bertz CT molecular complexity index is 802. The predicted molar refractivity (Wildman–Crippen MR) is 154 cm³/mol. The van der Waals surface area contributed by atoms with Gasteiger partial charge in [-0.05, 0) is 32.3 Å². The molecule has 194 valence electrons. The Kier molecular flexibility index (Phi) is 13.7. The largest absolute Gasteiger partial charge is 0.407 e. The summed E-state index contributed by atoms with van der Waals surface area (Å²) < 4.78 is 31.4. The molecule has 0 amide bonds. The molecule has 0 unspecified atom stereocenters. The third kappa shape index (κ3) is 9.07. The maximum atomic E-state index is 7.06. The quantitative estimate of drug-likeness (QED) is 0.139. The van der Waals surface area contributed by atoms with Gasteiger partial charge in [0.1, 0.15) is 13.6 Å². The number of methoxy groups -OCH3 is 2. The van der Waals surface area contributed by atoms with Crippen LogP contribution in [0.2, 0.25) is 5.04 Å². The van der Waals surface area contributed by atoms with E-state index in [1.54, 1.807) is 14.2 Å². The smallest absolute Gasteiger partial charge is 0.261 e. The molecular weight excluding hydrogens is 571 g/mol. The molecule has 0 radical (unpaired) electrons. The average Bonchev–Trinajstić information content (AvgIpc) is 2.86. The SMILES string of the molecule is COCO[C@H](C/C=C/I)C[C@H](CCO[Si](c1ccccc1)(c1ccccc1)C(C)(C)C)OCOC. The zero-order valence-corrected chi connectivity index (χ0v) is 24.9. The lowest BCUT2D eigenvalue weighted by molar-refractivity contribution is -0.116. The van der Waals surface area contributed by atoms with E-state index in [0.29, 0.717) is 6.61 Å². The Morgan fingerprint density at radius 1 is 0.829 bits per heavy atom. The van der Waals surface area contributed by atoms with Crippen molar-refractivity contribution in [1.29, 1.82) is 0 Å². The van der Waals surface area contributed by atoms with E-state index in [1.807, 2.05) is 4.08 Å². The lowest BCUT2D eigenvalue weighted by atomic mass is 10.1. The first-order chi connectivity index (χ1) is 16.9. The highest BCUT2D eigenvalue weighted by atomic mass is 127. The Hall–Kier alpha value is -1.07. The highest BCUT2D eigenvalue weighted by Gasteiger charge is 2.50. The van der Waals surface area contributed by atoms with E-state index in [9.17, 15) is 0 Å². The molecule has 0 aliphatic carbocycles. The summed E-state index contributed by atoms with van der Waals surface area (Å²) in [5.74, 6) is 0. The van der Waals surface area contributed by atoms with Crippen LogP contribution >= 0.6 is 22.6 Å². The van der Waals surface area contributed by atoms with Crippen molar-refractivity contribution >= 4 is 41.3 Å². The van der Waals surface area contributed by atoms with E-state index in [2.05, 4.69) is 110 Å². The van der Waals surface area contributed by atoms with Gasteiger partial charge in [-0.3, -0.25) is 0 Å². The second-order valence-electron chi connectivity index (χ2n) is 9.52. The summed E-state index contributed by atoms with van der Waals surface area (Å²) in [6.45, 7) is 7.97. The highest BCUT2D eigenvalue weighted by molar-refractivity contribution is 14.1. The fourth-order valence-corrected chi connectivity index (χ4v) is 9.30. The van der Waals surface area contributed by atoms with Crippen molar-refractivity contribution in [2.75, 3.05) is 34.4 Å². The van der Waals surface area contributed by atoms with Crippen molar-refractivity contribution in [3.8, 4) is 0 Å². The van der Waals surface area contributed by atoms with E-state index in [4.69, 9.17) is 23.4 Å². The third-order valence-electron chi connectivity index (χ3n) is 6.03. The summed E-state index contributed by atoms with van der Waals surface area (Å²) in [5.41, 5.74) is 0. The Labute approximate surface area is 226 Å². The summed E-state index contributed by atoms with van der Waals surface area (Å²) in [7, 11) is 0.708. The van der Waals surface area contributed by atoms with Crippen molar-refractivity contribution in [1.82, 2.24) is 0 Å². The zero-order valence-electron chi connectivity index (χ0n) is 21.7. The number of hydrogen-bond acceptors (Lipinski definition) is 5.